The van der Waals surface area contributed by atoms with Gasteiger partial charge in [0.25, 0.3) is 0 Å². The molecule has 0 heterocycles. The molecule has 0 radical (unpaired) electrons. The number of carboxylic acids is 1. The van der Waals surface area contributed by atoms with Gasteiger partial charge >= 0.3 is 5.97 Å². The van der Waals surface area contributed by atoms with Crippen molar-refractivity contribution in [3.63, 3.8) is 0 Å². The van der Waals surface area contributed by atoms with Crippen LogP contribution in [0.4, 0.5) is 0 Å². The highest BCUT2D eigenvalue weighted by Gasteiger charge is 2.22. The second-order valence-electron chi connectivity index (χ2n) is 4.49. The van der Waals surface area contributed by atoms with Crippen LogP contribution in [0.1, 0.15) is 30.5 Å². The molecule has 5 heteroatoms. The zero-order valence-corrected chi connectivity index (χ0v) is 12.1. The Bertz CT molecular complexity index is 463. The molecule has 19 heavy (non-hydrogen) atoms. The third-order valence-electron chi connectivity index (χ3n) is 3.01. The van der Waals surface area contributed by atoms with Crippen molar-refractivity contribution < 1.29 is 9.90 Å². The second kappa shape index (κ2) is 7.21. The molecule has 1 atom stereocenters. The number of carbonyl (C=O) groups is 1. The molecule has 104 valence electrons. The third-order valence-corrected chi connectivity index (χ3v) is 3.23. The molecule has 1 unspecified atom stereocenters. The molecule has 0 fully saturated rings. The maximum Gasteiger partial charge on any atom is 0.304 e. The Kier molecular flexibility index (Phi) is 5.92. The van der Waals surface area contributed by atoms with Crippen molar-refractivity contribution in [1.82, 2.24) is 4.90 Å². The lowest BCUT2D eigenvalue weighted by Crippen LogP contribution is -2.38. The maximum atomic E-state index is 10.7. The summed E-state index contributed by atoms with van der Waals surface area (Å²) in [6.45, 7) is 5.11. The average Bonchev–Trinajstić information content (AvgIpc) is 2.33. The zero-order chi connectivity index (χ0) is 14.4. The summed E-state index contributed by atoms with van der Waals surface area (Å²) in [7, 11) is 0. The molecule has 1 aromatic rings. The first-order chi connectivity index (χ1) is 8.95. The number of benzene rings is 1. The molecule has 4 nitrogen and oxygen atoms in total. The number of nitrogens with zero attached hydrogens (tertiary/aromatic N) is 1. The molecule has 0 amide bonds. The fraction of sp³-hybridized carbons (Fsp3) is 0.429. The minimum Gasteiger partial charge on any atom is -0.481 e. The van der Waals surface area contributed by atoms with Crippen LogP contribution in [0.15, 0.2) is 24.3 Å². The third kappa shape index (κ3) is 4.61. The van der Waals surface area contributed by atoms with E-state index in [0.29, 0.717) is 18.1 Å². The van der Waals surface area contributed by atoms with Crippen molar-refractivity contribution in [1.29, 1.82) is 0 Å². The molecule has 0 aliphatic heterocycles. The van der Waals surface area contributed by atoms with Gasteiger partial charge in [-0.1, -0.05) is 49.0 Å². The number of nitrogens with two attached hydrogens (primary N) is 1. The van der Waals surface area contributed by atoms with Crippen molar-refractivity contribution >= 4 is 23.2 Å². The van der Waals surface area contributed by atoms with E-state index in [1.807, 2.05) is 43.0 Å². The molecule has 0 aliphatic rings. The fourth-order valence-corrected chi connectivity index (χ4v) is 2.39. The van der Waals surface area contributed by atoms with Crippen LogP contribution in [0.25, 0.3) is 0 Å². The van der Waals surface area contributed by atoms with Gasteiger partial charge in [0.2, 0.25) is 0 Å². The SMILES string of the molecule is CCN(CCC(=O)O)C(C(N)=S)c1cccc(C)c1. The van der Waals surface area contributed by atoms with Crippen LogP contribution in [0.2, 0.25) is 0 Å². The highest BCUT2D eigenvalue weighted by molar-refractivity contribution is 7.80. The van der Waals surface area contributed by atoms with Gasteiger partial charge in [-0.25, -0.2) is 0 Å². The highest BCUT2D eigenvalue weighted by Crippen LogP contribution is 2.22. The second-order valence-corrected chi connectivity index (χ2v) is 4.96. The molecule has 1 rings (SSSR count). The van der Waals surface area contributed by atoms with E-state index in [0.717, 1.165) is 11.1 Å². The standard InChI is InChI=1S/C14H20N2O2S/c1-3-16(8-7-12(17)18)13(14(15)19)11-6-4-5-10(2)9-11/h4-6,9,13H,3,7-8H2,1-2H3,(H2,15,19)(H,17,18). The number of likely N-dealkylation sites (N-methyl/N-ethyl adjacent to an activating group) is 1. The topological polar surface area (TPSA) is 66.6 Å². The van der Waals surface area contributed by atoms with Gasteiger partial charge < -0.3 is 10.8 Å². The summed E-state index contributed by atoms with van der Waals surface area (Å²) in [5.74, 6) is -0.815. The molecular weight excluding hydrogens is 260 g/mol. The van der Waals surface area contributed by atoms with E-state index in [9.17, 15) is 4.79 Å². The monoisotopic (exact) mass is 280 g/mol. The molecular formula is C14H20N2O2S. The molecule has 1 aromatic carbocycles. The van der Waals surface area contributed by atoms with Gasteiger partial charge in [-0.3, -0.25) is 9.69 Å². The molecule has 0 saturated heterocycles. The first-order valence-corrected chi connectivity index (χ1v) is 6.68. The van der Waals surface area contributed by atoms with Gasteiger partial charge in [-0.15, -0.1) is 0 Å². The van der Waals surface area contributed by atoms with E-state index in [1.165, 1.54) is 0 Å². The predicted octanol–water partition coefficient (Wildman–Crippen LogP) is 2.12. The summed E-state index contributed by atoms with van der Waals surface area (Å²) in [5, 5.41) is 8.80. The Morgan fingerprint density at radius 1 is 1.53 bits per heavy atom. The van der Waals surface area contributed by atoms with E-state index in [1.54, 1.807) is 0 Å². The first kappa shape index (κ1) is 15.6. The minimum atomic E-state index is -0.815. The summed E-state index contributed by atoms with van der Waals surface area (Å²) in [6.07, 6.45) is 0.0821. The normalized spacial score (nSPS) is 12.4. The van der Waals surface area contributed by atoms with Crippen LogP contribution in [-0.2, 0) is 4.79 Å². The van der Waals surface area contributed by atoms with Gasteiger partial charge in [0.15, 0.2) is 0 Å². The predicted molar refractivity (Wildman–Crippen MR) is 80.2 cm³/mol. The highest BCUT2D eigenvalue weighted by atomic mass is 32.1. The summed E-state index contributed by atoms with van der Waals surface area (Å²) in [6, 6.07) is 7.77. The maximum absolute atomic E-state index is 10.7. The van der Waals surface area contributed by atoms with Gasteiger partial charge in [-0.05, 0) is 19.0 Å². The van der Waals surface area contributed by atoms with E-state index in [4.69, 9.17) is 23.1 Å². The van der Waals surface area contributed by atoms with Crippen LogP contribution in [0, 0.1) is 6.92 Å². The first-order valence-electron chi connectivity index (χ1n) is 6.27. The fourth-order valence-electron chi connectivity index (χ4n) is 2.10. The zero-order valence-electron chi connectivity index (χ0n) is 11.3. The number of carboxylic acid groups (broad SMARTS) is 1. The van der Waals surface area contributed by atoms with Gasteiger partial charge in [-0.2, -0.15) is 0 Å². The van der Waals surface area contributed by atoms with E-state index < -0.39 is 5.97 Å². The number of aliphatic carboxylic acids is 1. The average molecular weight is 280 g/mol. The van der Waals surface area contributed by atoms with Crippen molar-refractivity contribution in [2.75, 3.05) is 13.1 Å². The number of hydrogen-bond acceptors (Lipinski definition) is 3. The van der Waals surface area contributed by atoms with Gasteiger partial charge in [0.1, 0.15) is 0 Å². The summed E-state index contributed by atoms with van der Waals surface area (Å²) < 4.78 is 0. The lowest BCUT2D eigenvalue weighted by Gasteiger charge is -2.30. The molecule has 0 aliphatic carbocycles. The summed E-state index contributed by atoms with van der Waals surface area (Å²) in [5.41, 5.74) is 7.99. The Balaban J connectivity index is 2.97. The van der Waals surface area contributed by atoms with E-state index in [2.05, 4.69) is 0 Å². The van der Waals surface area contributed by atoms with Crippen LogP contribution in [0.5, 0.6) is 0 Å². The molecule has 3 N–H and O–H groups in total. The summed E-state index contributed by atoms with van der Waals surface area (Å²) in [4.78, 5) is 13.1. The van der Waals surface area contributed by atoms with Gasteiger partial charge in [0, 0.05) is 6.54 Å². The van der Waals surface area contributed by atoms with Crippen LogP contribution < -0.4 is 5.73 Å². The van der Waals surface area contributed by atoms with Crippen LogP contribution >= 0.6 is 12.2 Å². The van der Waals surface area contributed by atoms with Crippen LogP contribution in [-0.4, -0.2) is 34.1 Å². The van der Waals surface area contributed by atoms with Crippen LogP contribution in [0.3, 0.4) is 0 Å². The number of aryl methyl sites for hydroxylation is 1. The summed E-state index contributed by atoms with van der Waals surface area (Å²) >= 11 is 5.15. The largest absolute Gasteiger partial charge is 0.481 e. The van der Waals surface area contributed by atoms with Crippen molar-refractivity contribution in [3.05, 3.63) is 35.4 Å². The number of hydrogen-bond donors (Lipinski definition) is 2. The quantitative estimate of drug-likeness (QED) is 0.749. The Morgan fingerprint density at radius 2 is 2.21 bits per heavy atom. The van der Waals surface area contributed by atoms with Crippen molar-refractivity contribution in [2.45, 2.75) is 26.3 Å². The number of rotatable bonds is 7. The van der Waals surface area contributed by atoms with Crippen molar-refractivity contribution in [2.24, 2.45) is 5.73 Å². The van der Waals surface area contributed by atoms with E-state index in [-0.39, 0.29) is 12.5 Å². The molecule has 0 bridgehead atoms. The minimum absolute atomic E-state index is 0.0821. The lowest BCUT2D eigenvalue weighted by atomic mass is 10.0. The smallest absolute Gasteiger partial charge is 0.304 e. The Hall–Kier alpha value is -1.46. The Labute approximate surface area is 119 Å². The Morgan fingerprint density at radius 3 is 2.68 bits per heavy atom. The lowest BCUT2D eigenvalue weighted by molar-refractivity contribution is -0.137. The number of thiocarbonyl (C=S) groups is 1. The molecule has 0 saturated carbocycles. The molecule has 0 spiro atoms. The molecule has 0 aromatic heterocycles. The van der Waals surface area contributed by atoms with Crippen molar-refractivity contribution in [3.8, 4) is 0 Å². The van der Waals surface area contributed by atoms with E-state index >= 15 is 0 Å². The van der Waals surface area contributed by atoms with Gasteiger partial charge in [0.05, 0.1) is 17.5 Å².